The number of hydrogen-bond acceptors (Lipinski definition) is 7. The largest absolute Gasteiger partial charge is 0.369 e. The van der Waals surface area contributed by atoms with Crippen LogP contribution in [0.2, 0.25) is 0 Å². The SMILES string of the molecule is CCCc1c(C)nc2ncnn2c1Nc1ccc(N2CCN(S(C)(=O)=O)CC2)cc1. The molecule has 4 rings (SSSR count). The lowest BCUT2D eigenvalue weighted by atomic mass is 10.1. The van der Waals surface area contributed by atoms with Crippen molar-refractivity contribution >= 4 is 33.0 Å². The van der Waals surface area contributed by atoms with E-state index in [0.29, 0.717) is 32.0 Å². The number of nitrogens with one attached hydrogen (secondary N) is 1. The number of rotatable bonds is 6. The van der Waals surface area contributed by atoms with Gasteiger partial charge in [0.2, 0.25) is 10.0 Å². The lowest BCUT2D eigenvalue weighted by Crippen LogP contribution is -2.48. The Kier molecular flexibility index (Phi) is 5.61. The lowest BCUT2D eigenvalue weighted by Gasteiger charge is -2.34. The maximum absolute atomic E-state index is 11.7. The van der Waals surface area contributed by atoms with Gasteiger partial charge in [-0.1, -0.05) is 13.3 Å². The Hall–Kier alpha value is -2.72. The Morgan fingerprint density at radius 3 is 2.43 bits per heavy atom. The Labute approximate surface area is 176 Å². The van der Waals surface area contributed by atoms with E-state index in [0.717, 1.165) is 41.3 Å². The molecule has 1 aliphatic heterocycles. The summed E-state index contributed by atoms with van der Waals surface area (Å²) in [6.45, 7) is 6.55. The highest BCUT2D eigenvalue weighted by Gasteiger charge is 2.23. The maximum atomic E-state index is 11.7. The molecule has 0 atom stereocenters. The number of benzene rings is 1. The van der Waals surface area contributed by atoms with E-state index in [1.807, 2.05) is 19.1 Å². The fourth-order valence-electron chi connectivity index (χ4n) is 3.83. The summed E-state index contributed by atoms with van der Waals surface area (Å²) in [5, 5.41) is 7.83. The van der Waals surface area contributed by atoms with Crippen LogP contribution in [0.3, 0.4) is 0 Å². The van der Waals surface area contributed by atoms with Gasteiger partial charge in [0.15, 0.2) is 0 Å². The molecule has 0 spiro atoms. The normalized spacial score (nSPS) is 15.6. The van der Waals surface area contributed by atoms with Gasteiger partial charge in [-0.15, -0.1) is 0 Å². The molecule has 0 bridgehead atoms. The Bertz CT molecular complexity index is 1130. The third kappa shape index (κ3) is 4.10. The van der Waals surface area contributed by atoms with Crippen molar-refractivity contribution in [3.8, 4) is 0 Å². The van der Waals surface area contributed by atoms with Crippen LogP contribution in [-0.4, -0.2) is 64.7 Å². The molecule has 1 fully saturated rings. The number of nitrogens with zero attached hydrogens (tertiary/aromatic N) is 6. The van der Waals surface area contributed by atoms with Gasteiger partial charge >= 0.3 is 0 Å². The smallest absolute Gasteiger partial charge is 0.254 e. The fraction of sp³-hybridized carbons (Fsp3) is 0.450. The molecule has 2 aromatic heterocycles. The number of piperazine rings is 1. The van der Waals surface area contributed by atoms with Gasteiger partial charge in [0.1, 0.15) is 12.1 Å². The molecule has 0 unspecified atom stereocenters. The molecule has 1 aromatic carbocycles. The van der Waals surface area contributed by atoms with Crippen LogP contribution in [0.25, 0.3) is 5.78 Å². The maximum Gasteiger partial charge on any atom is 0.254 e. The molecule has 9 nitrogen and oxygen atoms in total. The van der Waals surface area contributed by atoms with Crippen molar-refractivity contribution in [3.05, 3.63) is 41.9 Å². The van der Waals surface area contributed by atoms with Crippen LogP contribution in [0.5, 0.6) is 0 Å². The second-order valence-electron chi connectivity index (χ2n) is 7.57. The zero-order valence-electron chi connectivity index (χ0n) is 17.5. The average Bonchev–Trinajstić information content (AvgIpc) is 3.19. The summed E-state index contributed by atoms with van der Waals surface area (Å²) in [7, 11) is -3.12. The van der Waals surface area contributed by atoms with Gasteiger partial charge in [0.05, 0.1) is 6.26 Å². The minimum absolute atomic E-state index is 0.514. The van der Waals surface area contributed by atoms with Crippen LogP contribution in [0.15, 0.2) is 30.6 Å². The van der Waals surface area contributed by atoms with E-state index in [4.69, 9.17) is 0 Å². The number of aromatic nitrogens is 4. The fourth-order valence-corrected chi connectivity index (χ4v) is 4.66. The van der Waals surface area contributed by atoms with E-state index in [9.17, 15) is 8.42 Å². The number of fused-ring (bicyclic) bond motifs is 1. The molecular weight excluding hydrogens is 402 g/mol. The van der Waals surface area contributed by atoms with Gasteiger partial charge in [-0.2, -0.15) is 18.9 Å². The predicted octanol–water partition coefficient (Wildman–Crippen LogP) is 2.21. The third-order valence-electron chi connectivity index (χ3n) is 5.43. The molecule has 0 radical (unpaired) electrons. The van der Waals surface area contributed by atoms with Crippen LogP contribution in [0, 0.1) is 6.92 Å². The molecule has 3 aromatic rings. The first-order valence-corrected chi connectivity index (χ1v) is 12.0. The number of sulfonamides is 1. The van der Waals surface area contributed by atoms with Gasteiger partial charge in [0, 0.05) is 48.8 Å². The van der Waals surface area contributed by atoms with E-state index in [1.165, 1.54) is 16.9 Å². The van der Waals surface area contributed by atoms with E-state index in [1.54, 1.807) is 4.52 Å². The van der Waals surface area contributed by atoms with Crippen LogP contribution in [0.1, 0.15) is 24.6 Å². The van der Waals surface area contributed by atoms with Gasteiger partial charge in [-0.25, -0.2) is 13.4 Å². The zero-order chi connectivity index (χ0) is 21.3. The standard InChI is InChI=1S/C20H27N7O2S/c1-4-5-18-15(2)23-20-21-14-22-27(20)19(18)24-16-6-8-17(9-7-16)25-10-12-26(13-11-25)30(3,28)29/h6-9,14,24H,4-5,10-13H2,1-3H3. The van der Waals surface area contributed by atoms with Gasteiger partial charge in [-0.05, 0) is 37.6 Å². The van der Waals surface area contributed by atoms with Crippen LogP contribution in [-0.2, 0) is 16.4 Å². The summed E-state index contributed by atoms with van der Waals surface area (Å²) in [6, 6.07) is 8.19. The highest BCUT2D eigenvalue weighted by Crippen LogP contribution is 2.26. The van der Waals surface area contributed by atoms with Crippen LogP contribution in [0.4, 0.5) is 17.2 Å². The second-order valence-corrected chi connectivity index (χ2v) is 9.55. The minimum atomic E-state index is -3.12. The van der Waals surface area contributed by atoms with Gasteiger partial charge in [-0.3, -0.25) is 0 Å². The van der Waals surface area contributed by atoms with Crippen molar-refractivity contribution < 1.29 is 8.42 Å². The Morgan fingerprint density at radius 1 is 1.10 bits per heavy atom. The second kappa shape index (κ2) is 8.19. The van der Waals surface area contributed by atoms with Crippen molar-refractivity contribution in [2.24, 2.45) is 0 Å². The van der Waals surface area contributed by atoms with Crippen molar-refractivity contribution in [2.45, 2.75) is 26.7 Å². The Balaban J connectivity index is 1.54. The van der Waals surface area contributed by atoms with Crippen molar-refractivity contribution in [1.29, 1.82) is 0 Å². The molecule has 1 N–H and O–H groups in total. The molecule has 0 aliphatic carbocycles. The molecule has 10 heteroatoms. The van der Waals surface area contributed by atoms with Crippen molar-refractivity contribution in [2.75, 3.05) is 42.7 Å². The minimum Gasteiger partial charge on any atom is -0.369 e. The molecule has 1 aliphatic rings. The summed E-state index contributed by atoms with van der Waals surface area (Å²) >= 11 is 0. The summed E-state index contributed by atoms with van der Waals surface area (Å²) in [5.41, 5.74) is 4.13. The van der Waals surface area contributed by atoms with Crippen molar-refractivity contribution in [1.82, 2.24) is 23.9 Å². The third-order valence-corrected chi connectivity index (χ3v) is 6.74. The van der Waals surface area contributed by atoms with Gasteiger partial charge in [0.25, 0.3) is 5.78 Å². The van der Waals surface area contributed by atoms with Crippen molar-refractivity contribution in [3.63, 3.8) is 0 Å². The molecule has 30 heavy (non-hydrogen) atoms. The average molecular weight is 430 g/mol. The molecule has 0 saturated carbocycles. The van der Waals surface area contributed by atoms with E-state index in [2.05, 4.69) is 44.3 Å². The van der Waals surface area contributed by atoms with Gasteiger partial charge < -0.3 is 10.2 Å². The summed E-state index contributed by atoms with van der Waals surface area (Å²) in [5.74, 6) is 1.47. The lowest BCUT2D eigenvalue weighted by molar-refractivity contribution is 0.388. The highest BCUT2D eigenvalue weighted by molar-refractivity contribution is 7.88. The van der Waals surface area contributed by atoms with E-state index in [-0.39, 0.29) is 0 Å². The topological polar surface area (TPSA) is 95.7 Å². The highest BCUT2D eigenvalue weighted by atomic mass is 32.2. The van der Waals surface area contributed by atoms with E-state index < -0.39 is 10.0 Å². The molecule has 160 valence electrons. The zero-order valence-corrected chi connectivity index (χ0v) is 18.4. The molecule has 0 amide bonds. The first-order chi connectivity index (χ1) is 14.4. The van der Waals surface area contributed by atoms with E-state index >= 15 is 0 Å². The molecule has 1 saturated heterocycles. The summed E-state index contributed by atoms with van der Waals surface area (Å²) in [6.07, 6.45) is 4.69. The Morgan fingerprint density at radius 2 is 1.80 bits per heavy atom. The summed E-state index contributed by atoms with van der Waals surface area (Å²) in [4.78, 5) is 11.0. The monoisotopic (exact) mass is 429 g/mol. The quantitative estimate of drug-likeness (QED) is 0.642. The number of anilines is 3. The number of aryl methyl sites for hydroxylation is 1. The molecule has 3 heterocycles. The molecular formula is C20H27N7O2S. The first kappa shape index (κ1) is 20.5. The number of hydrogen-bond donors (Lipinski definition) is 1. The van der Waals surface area contributed by atoms with Crippen LogP contribution < -0.4 is 10.2 Å². The first-order valence-electron chi connectivity index (χ1n) is 10.1. The van der Waals surface area contributed by atoms with Crippen LogP contribution >= 0.6 is 0 Å². The summed E-state index contributed by atoms with van der Waals surface area (Å²) < 4.78 is 26.7. The predicted molar refractivity (Wildman–Crippen MR) is 118 cm³/mol.